The van der Waals surface area contributed by atoms with Crippen LogP contribution in [0.5, 0.6) is 11.8 Å². The molecule has 0 fully saturated rings. The van der Waals surface area contributed by atoms with Crippen molar-refractivity contribution in [1.82, 2.24) is 15.3 Å². The predicted molar refractivity (Wildman–Crippen MR) is 75.8 cm³/mol. The maximum atomic E-state index is 6.11. The molecule has 0 saturated carbocycles. The van der Waals surface area contributed by atoms with Crippen molar-refractivity contribution < 1.29 is 4.74 Å². The Hall–Kier alpha value is -1.65. The molecule has 0 bridgehead atoms. The number of hydrogen-bond acceptors (Lipinski definition) is 4. The maximum Gasteiger partial charge on any atom is 0.321 e. The van der Waals surface area contributed by atoms with E-state index < -0.39 is 0 Å². The second-order valence-corrected chi connectivity index (χ2v) is 4.76. The first kappa shape index (κ1) is 13.8. The van der Waals surface area contributed by atoms with E-state index in [9.17, 15) is 0 Å². The third-order valence-corrected chi connectivity index (χ3v) is 3.28. The van der Waals surface area contributed by atoms with Gasteiger partial charge < -0.3 is 10.1 Å². The summed E-state index contributed by atoms with van der Waals surface area (Å²) in [5.74, 6) is 0.695. The molecule has 0 atom stereocenters. The topological polar surface area (TPSA) is 47.0 Å². The highest BCUT2D eigenvalue weighted by atomic mass is 35.5. The fourth-order valence-electron chi connectivity index (χ4n) is 1.76. The van der Waals surface area contributed by atoms with E-state index in [1.807, 2.05) is 33.0 Å². The second kappa shape index (κ2) is 5.99. The SMILES string of the molecule is CNCc1cnc(Oc2cc(C)c(Cl)c(C)c2)nc1. The van der Waals surface area contributed by atoms with Gasteiger partial charge in [-0.05, 0) is 44.2 Å². The van der Waals surface area contributed by atoms with Gasteiger partial charge in [-0.1, -0.05) is 11.6 Å². The van der Waals surface area contributed by atoms with Gasteiger partial charge in [-0.15, -0.1) is 0 Å². The minimum Gasteiger partial charge on any atom is -0.424 e. The molecule has 5 heteroatoms. The first-order chi connectivity index (χ1) is 9.10. The summed E-state index contributed by atoms with van der Waals surface area (Å²) < 4.78 is 5.63. The van der Waals surface area contributed by atoms with Crippen LogP contribution in [-0.2, 0) is 6.54 Å². The number of nitrogens with one attached hydrogen (secondary N) is 1. The van der Waals surface area contributed by atoms with E-state index in [1.165, 1.54) is 0 Å². The Kier molecular flexibility index (Phi) is 4.35. The van der Waals surface area contributed by atoms with Crippen molar-refractivity contribution in [3.8, 4) is 11.8 Å². The average Bonchev–Trinajstić information content (AvgIpc) is 2.38. The van der Waals surface area contributed by atoms with E-state index in [4.69, 9.17) is 16.3 Å². The summed E-state index contributed by atoms with van der Waals surface area (Å²) in [5.41, 5.74) is 2.96. The Bertz CT molecular complexity index is 546. The normalized spacial score (nSPS) is 10.5. The molecule has 0 aliphatic carbocycles. The third-order valence-electron chi connectivity index (χ3n) is 2.68. The van der Waals surface area contributed by atoms with Crippen LogP contribution in [0.15, 0.2) is 24.5 Å². The zero-order valence-corrected chi connectivity index (χ0v) is 12.0. The molecule has 0 unspecified atom stereocenters. The highest BCUT2D eigenvalue weighted by Crippen LogP contribution is 2.27. The van der Waals surface area contributed by atoms with Crippen LogP contribution in [0, 0.1) is 13.8 Å². The fraction of sp³-hybridized carbons (Fsp3) is 0.286. The van der Waals surface area contributed by atoms with Crippen molar-refractivity contribution in [3.63, 3.8) is 0 Å². The quantitative estimate of drug-likeness (QED) is 0.932. The monoisotopic (exact) mass is 277 g/mol. The Morgan fingerprint density at radius 3 is 2.26 bits per heavy atom. The molecule has 100 valence electrons. The van der Waals surface area contributed by atoms with Gasteiger partial charge in [-0.3, -0.25) is 0 Å². The van der Waals surface area contributed by atoms with Crippen molar-refractivity contribution in [2.45, 2.75) is 20.4 Å². The Balaban J connectivity index is 2.17. The largest absolute Gasteiger partial charge is 0.424 e. The molecule has 1 heterocycles. The smallest absolute Gasteiger partial charge is 0.321 e. The van der Waals surface area contributed by atoms with Gasteiger partial charge in [0.1, 0.15) is 5.75 Å². The van der Waals surface area contributed by atoms with Gasteiger partial charge in [0.05, 0.1) is 0 Å². The number of benzene rings is 1. The van der Waals surface area contributed by atoms with Gasteiger partial charge in [0.25, 0.3) is 0 Å². The number of nitrogens with zero attached hydrogens (tertiary/aromatic N) is 2. The Morgan fingerprint density at radius 1 is 1.16 bits per heavy atom. The molecule has 1 N–H and O–H groups in total. The Labute approximate surface area is 117 Å². The van der Waals surface area contributed by atoms with Crippen LogP contribution in [0.25, 0.3) is 0 Å². The summed E-state index contributed by atoms with van der Waals surface area (Å²) in [4.78, 5) is 8.34. The summed E-state index contributed by atoms with van der Waals surface area (Å²) in [6, 6.07) is 4.08. The van der Waals surface area contributed by atoms with Crippen LogP contribution in [0.2, 0.25) is 5.02 Å². The summed E-state index contributed by atoms with van der Waals surface area (Å²) in [6.45, 7) is 4.62. The number of halogens is 1. The van der Waals surface area contributed by atoms with E-state index >= 15 is 0 Å². The predicted octanol–water partition coefficient (Wildman–Crippen LogP) is 3.26. The van der Waals surface area contributed by atoms with Gasteiger partial charge in [-0.25, -0.2) is 9.97 Å². The standard InChI is InChI=1S/C14H16ClN3O/c1-9-4-12(5-10(2)13(9)15)19-14-17-7-11(6-16-3)8-18-14/h4-5,7-8,16H,6H2,1-3H3. The summed E-state index contributed by atoms with van der Waals surface area (Å²) in [7, 11) is 1.88. The van der Waals surface area contributed by atoms with Crippen molar-refractivity contribution >= 4 is 11.6 Å². The van der Waals surface area contributed by atoms with Crippen molar-refractivity contribution in [2.75, 3.05) is 7.05 Å². The number of ether oxygens (including phenoxy) is 1. The molecule has 1 aromatic heterocycles. The molecule has 0 aliphatic heterocycles. The minimum absolute atomic E-state index is 0.334. The molecule has 1 aromatic carbocycles. The first-order valence-corrected chi connectivity index (χ1v) is 6.38. The highest BCUT2D eigenvalue weighted by molar-refractivity contribution is 6.32. The van der Waals surface area contributed by atoms with Crippen molar-refractivity contribution in [3.05, 3.63) is 46.2 Å². The lowest BCUT2D eigenvalue weighted by atomic mass is 10.1. The van der Waals surface area contributed by atoms with E-state index in [2.05, 4.69) is 15.3 Å². The number of aromatic nitrogens is 2. The van der Waals surface area contributed by atoms with E-state index in [0.29, 0.717) is 11.8 Å². The van der Waals surface area contributed by atoms with Crippen molar-refractivity contribution in [2.24, 2.45) is 0 Å². The van der Waals surface area contributed by atoms with Crippen LogP contribution in [0.1, 0.15) is 16.7 Å². The summed E-state index contributed by atoms with van der Waals surface area (Å²) in [5, 5.41) is 3.80. The molecule has 0 amide bonds. The Morgan fingerprint density at radius 2 is 1.74 bits per heavy atom. The molecule has 0 spiro atoms. The lowest BCUT2D eigenvalue weighted by Gasteiger charge is -2.08. The lowest BCUT2D eigenvalue weighted by molar-refractivity contribution is 0.440. The molecule has 4 nitrogen and oxygen atoms in total. The average molecular weight is 278 g/mol. The van der Waals surface area contributed by atoms with Crippen LogP contribution >= 0.6 is 11.6 Å². The van der Waals surface area contributed by atoms with Gasteiger partial charge in [0.2, 0.25) is 0 Å². The van der Waals surface area contributed by atoms with Crippen LogP contribution in [0.4, 0.5) is 0 Å². The van der Waals surface area contributed by atoms with E-state index in [0.717, 1.165) is 28.3 Å². The van der Waals surface area contributed by atoms with E-state index in [-0.39, 0.29) is 0 Å². The molecule has 0 saturated heterocycles. The molecule has 19 heavy (non-hydrogen) atoms. The number of rotatable bonds is 4. The molecule has 0 aliphatic rings. The fourth-order valence-corrected chi connectivity index (χ4v) is 1.87. The van der Waals surface area contributed by atoms with E-state index in [1.54, 1.807) is 12.4 Å². The van der Waals surface area contributed by atoms with Crippen LogP contribution in [-0.4, -0.2) is 17.0 Å². The molecular weight excluding hydrogens is 262 g/mol. The zero-order valence-electron chi connectivity index (χ0n) is 11.2. The van der Waals surface area contributed by atoms with Gasteiger partial charge >= 0.3 is 6.01 Å². The molecule has 2 rings (SSSR count). The van der Waals surface area contributed by atoms with Gasteiger partial charge in [0, 0.05) is 29.5 Å². The third kappa shape index (κ3) is 3.43. The van der Waals surface area contributed by atoms with Crippen LogP contribution < -0.4 is 10.1 Å². The zero-order chi connectivity index (χ0) is 13.8. The number of hydrogen-bond donors (Lipinski definition) is 1. The lowest BCUT2D eigenvalue weighted by Crippen LogP contribution is -2.06. The minimum atomic E-state index is 0.334. The summed E-state index contributed by atoms with van der Waals surface area (Å²) in [6.07, 6.45) is 3.49. The maximum absolute atomic E-state index is 6.11. The van der Waals surface area contributed by atoms with Gasteiger partial charge in [0.15, 0.2) is 0 Å². The molecule has 2 aromatic rings. The number of aryl methyl sites for hydroxylation is 2. The van der Waals surface area contributed by atoms with Crippen LogP contribution in [0.3, 0.4) is 0 Å². The highest BCUT2D eigenvalue weighted by Gasteiger charge is 2.06. The summed E-state index contributed by atoms with van der Waals surface area (Å²) >= 11 is 6.11. The molecular formula is C14H16ClN3O. The second-order valence-electron chi connectivity index (χ2n) is 4.38. The van der Waals surface area contributed by atoms with Gasteiger partial charge in [-0.2, -0.15) is 0 Å². The first-order valence-electron chi connectivity index (χ1n) is 6.00. The molecule has 0 radical (unpaired) electrons. The van der Waals surface area contributed by atoms with Crippen molar-refractivity contribution in [1.29, 1.82) is 0 Å².